The van der Waals surface area contributed by atoms with Crippen molar-refractivity contribution in [3.05, 3.63) is 0 Å². The fourth-order valence-electron chi connectivity index (χ4n) is 1.74. The van der Waals surface area contributed by atoms with E-state index in [0.717, 1.165) is 11.8 Å². The van der Waals surface area contributed by atoms with Gasteiger partial charge in [0.05, 0.1) is 0 Å². The molecule has 0 aromatic rings. The zero-order chi connectivity index (χ0) is 9.72. The van der Waals surface area contributed by atoms with Crippen LogP contribution in [0.15, 0.2) is 0 Å². The summed E-state index contributed by atoms with van der Waals surface area (Å²) in [5.41, 5.74) is 5.93. The number of hydrogen-bond acceptors (Lipinski definition) is 1. The van der Waals surface area contributed by atoms with E-state index < -0.39 is 0 Å². The number of hydrogen-bond donors (Lipinski definition) is 1. The Balaban J connectivity index is 3.87. The first-order valence-electron chi connectivity index (χ1n) is 5.19. The Kier molecular flexibility index (Phi) is 5.56. The Morgan fingerprint density at radius 3 is 1.33 bits per heavy atom. The highest BCUT2D eigenvalue weighted by molar-refractivity contribution is 4.71. The van der Waals surface area contributed by atoms with Gasteiger partial charge in [-0.15, -0.1) is 0 Å². The molecule has 0 rings (SSSR count). The molecule has 1 unspecified atom stereocenters. The van der Waals surface area contributed by atoms with Gasteiger partial charge in [-0.1, -0.05) is 27.7 Å². The molecule has 0 aliphatic rings. The van der Waals surface area contributed by atoms with Crippen LogP contribution in [-0.2, 0) is 0 Å². The standard InChI is InChI=1S/C11H25N/c1-8(2)6-11(10(5)12)7-9(3)4/h8-11H,6-7,12H2,1-5H3. The molecule has 12 heavy (non-hydrogen) atoms. The highest BCUT2D eigenvalue weighted by Gasteiger charge is 2.16. The molecule has 0 fully saturated rings. The monoisotopic (exact) mass is 171 g/mol. The predicted molar refractivity (Wildman–Crippen MR) is 56.0 cm³/mol. The van der Waals surface area contributed by atoms with Crippen molar-refractivity contribution >= 4 is 0 Å². The predicted octanol–water partition coefficient (Wildman–Crippen LogP) is 3.04. The van der Waals surface area contributed by atoms with Gasteiger partial charge in [0.2, 0.25) is 0 Å². The highest BCUT2D eigenvalue weighted by Crippen LogP contribution is 2.21. The van der Waals surface area contributed by atoms with Crippen molar-refractivity contribution in [3.8, 4) is 0 Å². The summed E-state index contributed by atoms with van der Waals surface area (Å²) in [6, 6.07) is 0.356. The van der Waals surface area contributed by atoms with Gasteiger partial charge in [0.15, 0.2) is 0 Å². The SMILES string of the molecule is CC(C)CC(CC(C)C)C(C)N. The van der Waals surface area contributed by atoms with Gasteiger partial charge < -0.3 is 5.73 Å². The molecule has 2 N–H and O–H groups in total. The highest BCUT2D eigenvalue weighted by atomic mass is 14.6. The average molecular weight is 171 g/mol. The maximum absolute atomic E-state index is 5.93. The zero-order valence-electron chi connectivity index (χ0n) is 9.30. The van der Waals surface area contributed by atoms with Crippen LogP contribution in [0.1, 0.15) is 47.5 Å². The molecule has 0 aromatic heterocycles. The second kappa shape index (κ2) is 5.58. The molecule has 0 saturated heterocycles. The molecule has 0 radical (unpaired) electrons. The van der Waals surface area contributed by atoms with E-state index in [2.05, 4.69) is 34.6 Å². The zero-order valence-corrected chi connectivity index (χ0v) is 9.30. The third-order valence-corrected chi connectivity index (χ3v) is 2.29. The summed E-state index contributed by atoms with van der Waals surface area (Å²) in [6.07, 6.45) is 2.55. The van der Waals surface area contributed by atoms with Gasteiger partial charge in [-0.2, -0.15) is 0 Å². The smallest absolute Gasteiger partial charge is 0.00389 e. The van der Waals surface area contributed by atoms with E-state index in [0.29, 0.717) is 12.0 Å². The summed E-state index contributed by atoms with van der Waals surface area (Å²) in [5.74, 6) is 2.27. The van der Waals surface area contributed by atoms with Crippen LogP contribution in [0.3, 0.4) is 0 Å². The van der Waals surface area contributed by atoms with E-state index in [1.807, 2.05) is 0 Å². The minimum atomic E-state index is 0.356. The second-order valence-electron chi connectivity index (χ2n) is 4.88. The van der Waals surface area contributed by atoms with Crippen molar-refractivity contribution in [3.63, 3.8) is 0 Å². The van der Waals surface area contributed by atoms with E-state index >= 15 is 0 Å². The van der Waals surface area contributed by atoms with Crippen LogP contribution in [0.4, 0.5) is 0 Å². The molecule has 0 heterocycles. The van der Waals surface area contributed by atoms with Crippen molar-refractivity contribution in [2.45, 2.75) is 53.5 Å². The van der Waals surface area contributed by atoms with Crippen molar-refractivity contribution in [1.29, 1.82) is 0 Å². The number of nitrogens with two attached hydrogens (primary N) is 1. The molecule has 0 saturated carbocycles. The third-order valence-electron chi connectivity index (χ3n) is 2.29. The van der Waals surface area contributed by atoms with E-state index in [1.54, 1.807) is 0 Å². The van der Waals surface area contributed by atoms with Crippen LogP contribution in [0.25, 0.3) is 0 Å². The third kappa shape index (κ3) is 5.59. The lowest BCUT2D eigenvalue weighted by atomic mass is 9.85. The lowest BCUT2D eigenvalue weighted by molar-refractivity contribution is 0.304. The molecule has 74 valence electrons. The Hall–Kier alpha value is -0.0400. The summed E-state index contributed by atoms with van der Waals surface area (Å²) < 4.78 is 0. The van der Waals surface area contributed by atoms with E-state index in [9.17, 15) is 0 Å². The van der Waals surface area contributed by atoms with Crippen molar-refractivity contribution in [2.75, 3.05) is 0 Å². The van der Waals surface area contributed by atoms with Gasteiger partial charge in [0.25, 0.3) is 0 Å². The van der Waals surface area contributed by atoms with Gasteiger partial charge in [0.1, 0.15) is 0 Å². The molecule has 0 bridgehead atoms. The molecular formula is C11H25N. The summed E-state index contributed by atoms with van der Waals surface area (Å²) >= 11 is 0. The summed E-state index contributed by atoms with van der Waals surface area (Å²) in [5, 5.41) is 0. The first-order chi connectivity index (χ1) is 5.43. The van der Waals surface area contributed by atoms with Crippen LogP contribution in [0, 0.1) is 17.8 Å². The maximum Gasteiger partial charge on any atom is 0.00389 e. The van der Waals surface area contributed by atoms with Crippen LogP contribution in [0.2, 0.25) is 0 Å². The Morgan fingerprint density at radius 1 is 0.833 bits per heavy atom. The van der Waals surface area contributed by atoms with Gasteiger partial charge in [-0.25, -0.2) is 0 Å². The Bertz CT molecular complexity index is 95.6. The van der Waals surface area contributed by atoms with E-state index in [1.165, 1.54) is 12.8 Å². The minimum Gasteiger partial charge on any atom is -0.328 e. The maximum atomic E-state index is 5.93. The molecule has 1 heteroatoms. The summed E-state index contributed by atoms with van der Waals surface area (Å²) in [4.78, 5) is 0. The van der Waals surface area contributed by atoms with Gasteiger partial charge in [-0.3, -0.25) is 0 Å². The first kappa shape index (κ1) is 12.0. The Labute approximate surface area is 77.7 Å². The van der Waals surface area contributed by atoms with Crippen LogP contribution < -0.4 is 5.73 Å². The lowest BCUT2D eigenvalue weighted by Crippen LogP contribution is -2.28. The second-order valence-corrected chi connectivity index (χ2v) is 4.88. The molecule has 0 aliphatic carbocycles. The van der Waals surface area contributed by atoms with Gasteiger partial charge >= 0.3 is 0 Å². The molecule has 1 nitrogen and oxygen atoms in total. The molecule has 0 aromatic carbocycles. The van der Waals surface area contributed by atoms with Crippen LogP contribution in [-0.4, -0.2) is 6.04 Å². The minimum absolute atomic E-state index is 0.356. The lowest BCUT2D eigenvalue weighted by Gasteiger charge is -2.24. The van der Waals surface area contributed by atoms with Crippen LogP contribution >= 0.6 is 0 Å². The van der Waals surface area contributed by atoms with E-state index in [-0.39, 0.29) is 0 Å². The fraction of sp³-hybridized carbons (Fsp3) is 1.00. The quantitative estimate of drug-likeness (QED) is 0.676. The van der Waals surface area contributed by atoms with Crippen LogP contribution in [0.5, 0.6) is 0 Å². The average Bonchev–Trinajstić information content (AvgIpc) is 1.83. The number of rotatable bonds is 5. The summed E-state index contributed by atoms with van der Waals surface area (Å²) in [7, 11) is 0. The van der Waals surface area contributed by atoms with Gasteiger partial charge in [-0.05, 0) is 37.5 Å². The first-order valence-corrected chi connectivity index (χ1v) is 5.19. The molecular weight excluding hydrogens is 146 g/mol. The largest absolute Gasteiger partial charge is 0.328 e. The van der Waals surface area contributed by atoms with Crippen molar-refractivity contribution in [2.24, 2.45) is 23.5 Å². The summed E-state index contributed by atoms with van der Waals surface area (Å²) in [6.45, 7) is 11.2. The topological polar surface area (TPSA) is 26.0 Å². The molecule has 0 spiro atoms. The molecule has 1 atom stereocenters. The molecule has 0 aliphatic heterocycles. The molecule has 0 amide bonds. The normalized spacial score (nSPS) is 14.8. The fourth-order valence-corrected chi connectivity index (χ4v) is 1.74. The Morgan fingerprint density at radius 2 is 1.17 bits per heavy atom. The van der Waals surface area contributed by atoms with Crippen molar-refractivity contribution in [1.82, 2.24) is 0 Å². The van der Waals surface area contributed by atoms with Gasteiger partial charge in [0, 0.05) is 6.04 Å². The van der Waals surface area contributed by atoms with E-state index in [4.69, 9.17) is 5.73 Å². The van der Waals surface area contributed by atoms with Crippen molar-refractivity contribution < 1.29 is 0 Å².